The first-order valence-corrected chi connectivity index (χ1v) is 12.2. The number of para-hydroxylation sites is 1. The summed E-state index contributed by atoms with van der Waals surface area (Å²) in [7, 11) is -1.80. The molecule has 2 atom stereocenters. The molecule has 1 saturated heterocycles. The number of rotatable bonds is 7. The van der Waals surface area contributed by atoms with Crippen LogP contribution in [0.4, 0.5) is 13.6 Å². The molecule has 2 aromatic carbocycles. The fourth-order valence-electron chi connectivity index (χ4n) is 4.54. The Balaban J connectivity index is 1.60. The maximum absolute atomic E-state index is 14.8. The quantitative estimate of drug-likeness (QED) is 0.173. The zero-order valence-electron chi connectivity index (χ0n) is 21.2. The third kappa shape index (κ3) is 5.90. The van der Waals surface area contributed by atoms with Gasteiger partial charge >= 0.3 is 30.9 Å². The van der Waals surface area contributed by atoms with Gasteiger partial charge in [0, 0.05) is 38.3 Å². The molecule has 17 heteroatoms. The highest BCUT2D eigenvalue weighted by atomic mass is 19.1. The minimum Gasteiger partial charge on any atom is -0.534 e. The number of carboxylic acid groups (broad SMARTS) is 1. The van der Waals surface area contributed by atoms with Gasteiger partial charge < -0.3 is 41.2 Å². The van der Waals surface area contributed by atoms with E-state index in [1.54, 1.807) is 0 Å². The molecule has 0 aromatic heterocycles. The Morgan fingerprint density at radius 3 is 2.46 bits per heavy atom. The Bertz CT molecular complexity index is 1400. The fourth-order valence-corrected chi connectivity index (χ4v) is 4.54. The Hall–Kier alpha value is -4.77. The van der Waals surface area contributed by atoms with Crippen LogP contribution >= 0.6 is 0 Å². The minimum atomic E-state index is -2.16. The van der Waals surface area contributed by atoms with E-state index in [0.29, 0.717) is 22.6 Å². The van der Waals surface area contributed by atoms with E-state index in [2.05, 4.69) is 5.32 Å². The highest BCUT2D eigenvalue weighted by Gasteiger charge is 2.42. The molecule has 41 heavy (non-hydrogen) atoms. The summed E-state index contributed by atoms with van der Waals surface area (Å²) in [6, 6.07) is 1.65. The van der Waals surface area contributed by atoms with Crippen LogP contribution in [0, 0.1) is 11.6 Å². The summed E-state index contributed by atoms with van der Waals surface area (Å²) in [5.74, 6) is -9.93. The lowest BCUT2D eigenvalue weighted by Gasteiger charge is -2.33. The molecule has 2 heterocycles. The number of aromatic hydroxyl groups is 1. The zero-order valence-corrected chi connectivity index (χ0v) is 21.2. The number of piperazine rings is 1. The summed E-state index contributed by atoms with van der Waals surface area (Å²) in [5, 5.41) is 33.7. The molecule has 2 aromatic rings. The predicted molar refractivity (Wildman–Crippen MR) is 134 cm³/mol. The van der Waals surface area contributed by atoms with Gasteiger partial charge in [0.1, 0.15) is 29.2 Å². The van der Waals surface area contributed by atoms with E-state index < -0.39 is 71.8 Å². The lowest BCUT2D eigenvalue weighted by atomic mass is 9.72. The number of hydrogen-bond donors (Lipinski definition) is 6. The van der Waals surface area contributed by atoms with Crippen molar-refractivity contribution in [3.05, 3.63) is 58.7 Å². The van der Waals surface area contributed by atoms with Gasteiger partial charge in [-0.3, -0.25) is 19.3 Å². The van der Waals surface area contributed by atoms with Gasteiger partial charge in [0.15, 0.2) is 0 Å². The standard InChI is InChI=1S/C24H24BF2N5O9/c26-14-9-12(33)10-15(27)17(14)18(30-24(39)32-7-6-31(5-4-28)21(35)22(32)36)20(34)29-16-8-11-2-1-3-13(23(37)38)19(11)41-25(16)40/h1-3,9-10,16,18,33,40H,4-8,28H2,(H,29,34)(H,30,39)(H,37,38). The molecule has 4 rings (SSSR count). The van der Waals surface area contributed by atoms with Crippen molar-refractivity contribution in [3.63, 3.8) is 0 Å². The highest BCUT2D eigenvalue weighted by molar-refractivity contribution is 6.47. The Morgan fingerprint density at radius 1 is 1.15 bits per heavy atom. The molecule has 2 unspecified atom stereocenters. The van der Waals surface area contributed by atoms with Gasteiger partial charge in [-0.25, -0.2) is 18.4 Å². The van der Waals surface area contributed by atoms with Gasteiger partial charge in [-0.2, -0.15) is 0 Å². The van der Waals surface area contributed by atoms with Gasteiger partial charge in [-0.1, -0.05) is 12.1 Å². The molecule has 0 bridgehead atoms. The predicted octanol–water partition coefficient (Wildman–Crippen LogP) is -1.11. The number of phenols is 1. The molecule has 0 radical (unpaired) electrons. The molecule has 0 spiro atoms. The number of urea groups is 1. The van der Waals surface area contributed by atoms with E-state index in [9.17, 15) is 48.0 Å². The van der Waals surface area contributed by atoms with Crippen LogP contribution in [-0.2, 0) is 20.8 Å². The second-order valence-electron chi connectivity index (χ2n) is 9.17. The van der Waals surface area contributed by atoms with Crippen LogP contribution in [0.5, 0.6) is 11.5 Å². The van der Waals surface area contributed by atoms with Gasteiger partial charge in [-0.05, 0) is 18.1 Å². The smallest absolute Gasteiger partial charge is 0.534 e. The van der Waals surface area contributed by atoms with Crippen LogP contribution in [0.25, 0.3) is 0 Å². The lowest BCUT2D eigenvalue weighted by Crippen LogP contribution is -2.60. The average Bonchev–Trinajstić information content (AvgIpc) is 2.90. The highest BCUT2D eigenvalue weighted by Crippen LogP contribution is 2.31. The number of carboxylic acids is 1. The summed E-state index contributed by atoms with van der Waals surface area (Å²) in [6.07, 6.45) is -0.166. The second-order valence-corrected chi connectivity index (χ2v) is 9.17. The molecular weight excluding hydrogens is 551 g/mol. The normalized spacial score (nSPS) is 17.5. The molecule has 216 valence electrons. The number of aromatic carboxylic acids is 1. The van der Waals surface area contributed by atoms with Crippen LogP contribution in [0.15, 0.2) is 30.3 Å². The van der Waals surface area contributed by atoms with Crippen molar-refractivity contribution in [1.82, 2.24) is 20.4 Å². The molecule has 7 N–H and O–H groups in total. The fraction of sp³-hybridized carbons (Fsp3) is 0.292. The molecule has 2 aliphatic heterocycles. The van der Waals surface area contributed by atoms with Crippen LogP contribution in [0.2, 0.25) is 0 Å². The molecule has 1 fully saturated rings. The van der Waals surface area contributed by atoms with Crippen molar-refractivity contribution in [1.29, 1.82) is 0 Å². The van der Waals surface area contributed by atoms with E-state index in [0.717, 1.165) is 4.90 Å². The third-order valence-electron chi connectivity index (χ3n) is 6.51. The number of hydrogen-bond acceptors (Lipinski definition) is 9. The Morgan fingerprint density at radius 2 is 1.83 bits per heavy atom. The Kier molecular flexibility index (Phi) is 8.39. The summed E-state index contributed by atoms with van der Waals surface area (Å²) < 4.78 is 35.0. The van der Waals surface area contributed by atoms with Crippen LogP contribution in [0.3, 0.4) is 0 Å². The topological polar surface area (TPSA) is 212 Å². The summed E-state index contributed by atoms with van der Waals surface area (Å²) in [4.78, 5) is 64.3. The van der Waals surface area contributed by atoms with Crippen LogP contribution in [0.1, 0.15) is 27.5 Å². The van der Waals surface area contributed by atoms with Crippen molar-refractivity contribution >= 4 is 36.8 Å². The molecule has 0 saturated carbocycles. The largest absolute Gasteiger partial charge is 0.547 e. The number of halogens is 2. The first-order chi connectivity index (χ1) is 19.4. The monoisotopic (exact) mass is 575 g/mol. The van der Waals surface area contributed by atoms with E-state index in [4.69, 9.17) is 10.4 Å². The number of carbonyl (C=O) groups excluding carboxylic acids is 4. The Labute approximate surface area is 230 Å². The molecular formula is C24H24BF2N5O9. The molecule has 0 aliphatic carbocycles. The minimum absolute atomic E-state index is 0.0534. The molecule has 2 aliphatic rings. The first-order valence-electron chi connectivity index (χ1n) is 12.2. The number of nitrogens with zero attached hydrogens (tertiary/aromatic N) is 2. The number of benzene rings is 2. The van der Waals surface area contributed by atoms with Gasteiger partial charge in [-0.15, -0.1) is 0 Å². The SMILES string of the molecule is NCCN1CCN(C(=O)NC(C(=O)NC2Cc3cccc(C(=O)O)c3OB2O)c2c(F)cc(O)cc2F)C(=O)C1=O. The maximum Gasteiger partial charge on any atom is 0.547 e. The van der Waals surface area contributed by atoms with Gasteiger partial charge in [0.05, 0.1) is 17.1 Å². The number of amides is 5. The summed E-state index contributed by atoms with van der Waals surface area (Å²) in [5.41, 5.74) is 4.46. The number of fused-ring (bicyclic) bond motifs is 1. The zero-order chi connectivity index (χ0) is 30.0. The van der Waals surface area contributed by atoms with Crippen molar-refractivity contribution in [2.75, 3.05) is 26.2 Å². The summed E-state index contributed by atoms with van der Waals surface area (Å²) >= 11 is 0. The van der Waals surface area contributed by atoms with Gasteiger partial charge in [0.2, 0.25) is 5.91 Å². The number of nitrogens with two attached hydrogens (primary N) is 1. The van der Waals surface area contributed by atoms with Crippen molar-refractivity contribution < 1.29 is 52.6 Å². The van der Waals surface area contributed by atoms with Crippen molar-refractivity contribution in [2.45, 2.75) is 18.4 Å². The van der Waals surface area contributed by atoms with E-state index >= 15 is 0 Å². The van der Waals surface area contributed by atoms with Gasteiger partial charge in [0.25, 0.3) is 0 Å². The van der Waals surface area contributed by atoms with E-state index in [1.807, 2.05) is 5.32 Å². The summed E-state index contributed by atoms with van der Waals surface area (Å²) in [6.45, 7) is -0.260. The first kappa shape index (κ1) is 29.2. The molecule has 5 amide bonds. The molecule has 14 nitrogen and oxygen atoms in total. The lowest BCUT2D eigenvalue weighted by molar-refractivity contribution is -0.153. The van der Waals surface area contributed by atoms with Crippen LogP contribution < -0.4 is 21.0 Å². The second kappa shape index (κ2) is 11.8. The number of carbonyl (C=O) groups is 5. The van der Waals surface area contributed by atoms with E-state index in [-0.39, 0.29) is 43.9 Å². The van der Waals surface area contributed by atoms with Crippen molar-refractivity contribution in [2.24, 2.45) is 5.73 Å². The third-order valence-corrected chi connectivity index (χ3v) is 6.51. The maximum atomic E-state index is 14.8. The van der Waals surface area contributed by atoms with Crippen LogP contribution in [-0.4, -0.2) is 94.0 Å². The number of imide groups is 1. The van der Waals surface area contributed by atoms with E-state index in [1.165, 1.54) is 18.2 Å². The average molecular weight is 575 g/mol. The van der Waals surface area contributed by atoms with Crippen molar-refractivity contribution in [3.8, 4) is 11.5 Å². The number of nitrogens with one attached hydrogen (secondary N) is 2. The number of phenolic OH excluding ortho intramolecular Hbond substituents is 1.